The fourth-order valence-electron chi connectivity index (χ4n) is 1.90. The first-order valence-electron chi connectivity index (χ1n) is 6.28. The van der Waals surface area contributed by atoms with Gasteiger partial charge >= 0.3 is 0 Å². The number of halogens is 2. The average molecular weight is 262 g/mol. The SMILES string of the molecule is Fc1cc(F)cc(CCNCCc2ccncc2)c1. The lowest BCUT2D eigenvalue weighted by molar-refractivity contribution is 0.577. The molecule has 0 aliphatic rings. The van der Waals surface area contributed by atoms with Crippen molar-refractivity contribution in [2.75, 3.05) is 13.1 Å². The molecule has 0 radical (unpaired) electrons. The van der Waals surface area contributed by atoms with Crippen molar-refractivity contribution in [2.24, 2.45) is 0 Å². The average Bonchev–Trinajstić information content (AvgIpc) is 2.38. The first-order valence-corrected chi connectivity index (χ1v) is 6.28. The summed E-state index contributed by atoms with van der Waals surface area (Å²) in [5.41, 5.74) is 1.90. The molecule has 1 N–H and O–H groups in total. The molecule has 2 aromatic rings. The van der Waals surface area contributed by atoms with E-state index in [9.17, 15) is 8.78 Å². The lowest BCUT2D eigenvalue weighted by Crippen LogP contribution is -2.20. The molecule has 1 aromatic heterocycles. The Balaban J connectivity index is 1.69. The van der Waals surface area contributed by atoms with E-state index in [-0.39, 0.29) is 0 Å². The second-order valence-corrected chi connectivity index (χ2v) is 4.38. The molecule has 2 rings (SSSR count). The smallest absolute Gasteiger partial charge is 0.126 e. The van der Waals surface area contributed by atoms with Crippen molar-refractivity contribution >= 4 is 0 Å². The lowest BCUT2D eigenvalue weighted by atomic mass is 10.1. The number of pyridine rings is 1. The van der Waals surface area contributed by atoms with E-state index >= 15 is 0 Å². The fraction of sp³-hybridized carbons (Fsp3) is 0.267. The van der Waals surface area contributed by atoms with Gasteiger partial charge in [0.1, 0.15) is 11.6 Å². The van der Waals surface area contributed by atoms with Gasteiger partial charge in [-0.3, -0.25) is 4.98 Å². The van der Waals surface area contributed by atoms with Crippen molar-refractivity contribution in [3.8, 4) is 0 Å². The molecule has 0 amide bonds. The summed E-state index contributed by atoms with van der Waals surface area (Å²) in [6, 6.07) is 7.58. The van der Waals surface area contributed by atoms with E-state index in [1.54, 1.807) is 12.4 Å². The topological polar surface area (TPSA) is 24.9 Å². The molecule has 0 spiro atoms. The summed E-state index contributed by atoms with van der Waals surface area (Å²) in [6.45, 7) is 1.54. The van der Waals surface area contributed by atoms with Crippen LogP contribution in [0.3, 0.4) is 0 Å². The van der Waals surface area contributed by atoms with E-state index in [1.807, 2.05) is 12.1 Å². The van der Waals surface area contributed by atoms with Gasteiger partial charge in [0.15, 0.2) is 0 Å². The summed E-state index contributed by atoms with van der Waals surface area (Å²) in [7, 11) is 0. The molecule has 2 nitrogen and oxygen atoms in total. The van der Waals surface area contributed by atoms with E-state index in [4.69, 9.17) is 0 Å². The molecule has 0 fully saturated rings. The van der Waals surface area contributed by atoms with Gasteiger partial charge in [0.05, 0.1) is 0 Å². The van der Waals surface area contributed by atoms with Crippen molar-refractivity contribution in [3.63, 3.8) is 0 Å². The third-order valence-corrected chi connectivity index (χ3v) is 2.85. The molecule has 4 heteroatoms. The van der Waals surface area contributed by atoms with Gasteiger partial charge in [0, 0.05) is 18.5 Å². The number of nitrogens with zero attached hydrogens (tertiary/aromatic N) is 1. The molecule has 0 saturated carbocycles. The fourth-order valence-corrected chi connectivity index (χ4v) is 1.90. The summed E-state index contributed by atoms with van der Waals surface area (Å²) in [4.78, 5) is 3.95. The first-order chi connectivity index (χ1) is 9.24. The van der Waals surface area contributed by atoms with Gasteiger partial charge in [0.2, 0.25) is 0 Å². The summed E-state index contributed by atoms with van der Waals surface area (Å²) in [6.07, 6.45) is 5.07. The Bertz CT molecular complexity index is 495. The molecule has 19 heavy (non-hydrogen) atoms. The summed E-state index contributed by atoms with van der Waals surface area (Å²) in [5.74, 6) is -1.04. The Hall–Kier alpha value is -1.81. The van der Waals surface area contributed by atoms with Crippen molar-refractivity contribution in [1.29, 1.82) is 0 Å². The van der Waals surface area contributed by atoms with E-state index in [0.717, 1.165) is 19.0 Å². The van der Waals surface area contributed by atoms with Crippen molar-refractivity contribution in [1.82, 2.24) is 10.3 Å². The van der Waals surface area contributed by atoms with E-state index in [2.05, 4.69) is 10.3 Å². The standard InChI is InChI=1S/C15H16F2N2/c16-14-9-13(10-15(17)11-14)4-8-19-7-3-12-1-5-18-6-2-12/h1-2,5-6,9-11,19H,3-4,7-8H2. The van der Waals surface area contributed by atoms with Gasteiger partial charge in [-0.05, 0) is 61.3 Å². The first kappa shape index (κ1) is 13.6. The highest BCUT2D eigenvalue weighted by Gasteiger charge is 2.00. The van der Waals surface area contributed by atoms with Crippen molar-refractivity contribution < 1.29 is 8.78 Å². The van der Waals surface area contributed by atoms with Crippen LogP contribution in [0.2, 0.25) is 0 Å². The molecular formula is C15H16F2N2. The molecule has 0 bridgehead atoms. The van der Waals surface area contributed by atoms with E-state index in [1.165, 1.54) is 17.7 Å². The zero-order chi connectivity index (χ0) is 13.5. The molecular weight excluding hydrogens is 246 g/mol. The van der Waals surface area contributed by atoms with Crippen LogP contribution in [0.5, 0.6) is 0 Å². The third-order valence-electron chi connectivity index (χ3n) is 2.85. The molecule has 1 aromatic carbocycles. The predicted molar refractivity (Wildman–Crippen MR) is 70.9 cm³/mol. The van der Waals surface area contributed by atoms with Crippen LogP contribution in [-0.4, -0.2) is 18.1 Å². The molecule has 0 aliphatic heterocycles. The van der Waals surface area contributed by atoms with Gasteiger partial charge in [-0.2, -0.15) is 0 Å². The van der Waals surface area contributed by atoms with Gasteiger partial charge in [-0.25, -0.2) is 8.78 Å². The zero-order valence-corrected chi connectivity index (χ0v) is 10.6. The number of benzene rings is 1. The molecule has 0 aliphatic carbocycles. The minimum Gasteiger partial charge on any atom is -0.316 e. The number of nitrogens with one attached hydrogen (secondary N) is 1. The van der Waals surface area contributed by atoms with Crippen LogP contribution in [0.1, 0.15) is 11.1 Å². The molecule has 0 atom stereocenters. The largest absolute Gasteiger partial charge is 0.316 e. The summed E-state index contributed by atoms with van der Waals surface area (Å²) < 4.78 is 25.9. The van der Waals surface area contributed by atoms with Gasteiger partial charge in [-0.15, -0.1) is 0 Å². The quantitative estimate of drug-likeness (QED) is 0.810. The predicted octanol–water partition coefficient (Wildman–Crippen LogP) is 2.73. The second-order valence-electron chi connectivity index (χ2n) is 4.38. The summed E-state index contributed by atoms with van der Waals surface area (Å²) in [5, 5.41) is 3.26. The minimum atomic E-state index is -0.521. The maximum Gasteiger partial charge on any atom is 0.126 e. The maximum atomic E-state index is 13.0. The Morgan fingerprint density at radius 3 is 2.05 bits per heavy atom. The maximum absolute atomic E-state index is 13.0. The van der Waals surface area contributed by atoms with Crippen molar-refractivity contribution in [3.05, 3.63) is 65.5 Å². The van der Waals surface area contributed by atoms with Crippen molar-refractivity contribution in [2.45, 2.75) is 12.8 Å². The normalized spacial score (nSPS) is 10.6. The zero-order valence-electron chi connectivity index (χ0n) is 10.6. The van der Waals surface area contributed by atoms with E-state index < -0.39 is 11.6 Å². The monoisotopic (exact) mass is 262 g/mol. The number of aromatic nitrogens is 1. The summed E-state index contributed by atoms with van der Waals surface area (Å²) >= 11 is 0. The van der Waals surface area contributed by atoms with Crippen LogP contribution in [0, 0.1) is 11.6 Å². The number of hydrogen-bond acceptors (Lipinski definition) is 2. The van der Waals surface area contributed by atoms with Crippen LogP contribution < -0.4 is 5.32 Å². The van der Waals surface area contributed by atoms with E-state index in [0.29, 0.717) is 18.5 Å². The van der Waals surface area contributed by atoms with Gasteiger partial charge in [-0.1, -0.05) is 0 Å². The van der Waals surface area contributed by atoms with Crippen LogP contribution in [0.25, 0.3) is 0 Å². The van der Waals surface area contributed by atoms with Gasteiger partial charge < -0.3 is 5.32 Å². The van der Waals surface area contributed by atoms with Crippen LogP contribution in [-0.2, 0) is 12.8 Å². The van der Waals surface area contributed by atoms with Crippen LogP contribution in [0.4, 0.5) is 8.78 Å². The second kappa shape index (κ2) is 6.95. The molecule has 1 heterocycles. The Morgan fingerprint density at radius 1 is 0.842 bits per heavy atom. The molecule has 100 valence electrons. The Kier molecular flexibility index (Phi) is 4.98. The number of hydrogen-bond donors (Lipinski definition) is 1. The molecule has 0 unspecified atom stereocenters. The highest BCUT2D eigenvalue weighted by Crippen LogP contribution is 2.08. The van der Waals surface area contributed by atoms with Crippen LogP contribution >= 0.6 is 0 Å². The Labute approximate surface area is 111 Å². The number of rotatable bonds is 6. The highest BCUT2D eigenvalue weighted by molar-refractivity contribution is 5.18. The molecule has 0 saturated heterocycles. The van der Waals surface area contributed by atoms with Crippen LogP contribution in [0.15, 0.2) is 42.7 Å². The highest BCUT2D eigenvalue weighted by atomic mass is 19.1. The Morgan fingerprint density at radius 2 is 1.42 bits per heavy atom. The minimum absolute atomic E-state index is 0.521. The lowest BCUT2D eigenvalue weighted by Gasteiger charge is -2.05. The van der Waals surface area contributed by atoms with Gasteiger partial charge in [0.25, 0.3) is 0 Å². The third kappa shape index (κ3) is 4.75.